The lowest BCUT2D eigenvalue weighted by molar-refractivity contribution is -0.160. The van der Waals surface area contributed by atoms with Crippen LogP contribution < -0.4 is 0 Å². The highest BCUT2D eigenvalue weighted by molar-refractivity contribution is 6.07. The number of pyridine rings is 1. The molecule has 1 aliphatic rings. The summed E-state index contributed by atoms with van der Waals surface area (Å²) >= 11 is 0. The standard InChI is InChI=1S/C21H22N4O4/c1-12-10-25(11-17(29-12)21(27)28)20(26)15-9-16(14-7-5-4-6-8-14)22-19-18(15)13(2)23-24(19)3/h4-9,12,17H,10-11H2,1-3H3,(H,27,28)/t12-,17?/m1/s1. The number of aryl methyl sites for hydroxylation is 2. The summed E-state index contributed by atoms with van der Waals surface area (Å²) in [5.74, 6) is -1.32. The highest BCUT2D eigenvalue weighted by Crippen LogP contribution is 2.28. The average molecular weight is 394 g/mol. The van der Waals surface area contributed by atoms with E-state index in [2.05, 4.69) is 5.10 Å². The van der Waals surface area contributed by atoms with Gasteiger partial charge in [-0.15, -0.1) is 0 Å². The molecule has 0 bridgehead atoms. The largest absolute Gasteiger partial charge is 0.479 e. The van der Waals surface area contributed by atoms with Crippen LogP contribution in [0.5, 0.6) is 0 Å². The molecule has 8 heteroatoms. The second-order valence-corrected chi connectivity index (χ2v) is 7.31. The molecule has 1 saturated heterocycles. The van der Waals surface area contributed by atoms with Gasteiger partial charge in [0.15, 0.2) is 11.8 Å². The fourth-order valence-electron chi connectivity index (χ4n) is 3.79. The third-order valence-corrected chi connectivity index (χ3v) is 5.09. The number of hydrogen-bond acceptors (Lipinski definition) is 5. The second-order valence-electron chi connectivity index (χ2n) is 7.31. The number of aliphatic carboxylic acids is 1. The SMILES string of the molecule is Cc1nn(C)c2nc(-c3ccccc3)cc(C(=O)N3CC(C(=O)O)O[C@H](C)C3)c12. The maximum absolute atomic E-state index is 13.5. The van der Waals surface area contributed by atoms with Gasteiger partial charge in [-0.05, 0) is 19.9 Å². The Labute approximate surface area is 167 Å². The van der Waals surface area contributed by atoms with E-state index in [0.29, 0.717) is 34.5 Å². The summed E-state index contributed by atoms with van der Waals surface area (Å²) in [6, 6.07) is 11.4. The van der Waals surface area contributed by atoms with Crippen molar-refractivity contribution < 1.29 is 19.4 Å². The zero-order valence-corrected chi connectivity index (χ0v) is 16.5. The van der Waals surface area contributed by atoms with Gasteiger partial charge in [0.2, 0.25) is 0 Å². The topological polar surface area (TPSA) is 97.6 Å². The summed E-state index contributed by atoms with van der Waals surface area (Å²) in [7, 11) is 1.79. The lowest BCUT2D eigenvalue weighted by Crippen LogP contribution is -2.51. The van der Waals surface area contributed by atoms with E-state index in [0.717, 1.165) is 5.56 Å². The van der Waals surface area contributed by atoms with Gasteiger partial charge in [-0.1, -0.05) is 30.3 Å². The van der Waals surface area contributed by atoms with Gasteiger partial charge in [0, 0.05) is 19.2 Å². The zero-order valence-electron chi connectivity index (χ0n) is 16.5. The van der Waals surface area contributed by atoms with Crippen LogP contribution in [0.25, 0.3) is 22.3 Å². The minimum Gasteiger partial charge on any atom is -0.479 e. The summed E-state index contributed by atoms with van der Waals surface area (Å²) in [5.41, 5.74) is 3.34. The van der Waals surface area contributed by atoms with Gasteiger partial charge in [-0.25, -0.2) is 9.78 Å². The van der Waals surface area contributed by atoms with E-state index in [4.69, 9.17) is 9.72 Å². The molecule has 0 radical (unpaired) electrons. The highest BCUT2D eigenvalue weighted by Gasteiger charge is 2.34. The minimum absolute atomic E-state index is 0.00228. The number of fused-ring (bicyclic) bond motifs is 1. The summed E-state index contributed by atoms with van der Waals surface area (Å²) in [6.07, 6.45) is -1.40. The average Bonchev–Trinajstić information content (AvgIpc) is 3.00. The molecule has 3 heterocycles. The number of morpholine rings is 1. The molecule has 0 aliphatic carbocycles. The van der Waals surface area contributed by atoms with E-state index in [1.165, 1.54) is 0 Å². The first-order valence-electron chi connectivity index (χ1n) is 9.42. The Hall–Kier alpha value is -3.26. The molecule has 2 atom stereocenters. The van der Waals surface area contributed by atoms with Crippen LogP contribution in [0.15, 0.2) is 36.4 Å². The molecular weight excluding hydrogens is 372 g/mol. The van der Waals surface area contributed by atoms with Crippen LogP contribution in [0.1, 0.15) is 23.0 Å². The first-order chi connectivity index (χ1) is 13.8. The number of nitrogens with zero attached hydrogens (tertiary/aromatic N) is 4. The van der Waals surface area contributed by atoms with Crippen LogP contribution in [0, 0.1) is 6.92 Å². The Morgan fingerprint density at radius 3 is 2.62 bits per heavy atom. The molecule has 8 nitrogen and oxygen atoms in total. The maximum atomic E-state index is 13.5. The van der Waals surface area contributed by atoms with E-state index >= 15 is 0 Å². The Kier molecular flexibility index (Phi) is 4.79. The molecule has 0 saturated carbocycles. The monoisotopic (exact) mass is 394 g/mol. The number of amides is 1. The molecule has 2 aromatic heterocycles. The number of carboxylic acids is 1. The fourth-order valence-corrected chi connectivity index (χ4v) is 3.79. The Balaban J connectivity index is 1.83. The van der Waals surface area contributed by atoms with Crippen molar-refractivity contribution in [2.24, 2.45) is 7.05 Å². The number of benzene rings is 1. The second kappa shape index (κ2) is 7.29. The van der Waals surface area contributed by atoms with Gasteiger partial charge < -0.3 is 14.7 Å². The molecular formula is C21H22N4O4. The lowest BCUT2D eigenvalue weighted by atomic mass is 10.0. The van der Waals surface area contributed by atoms with Crippen LogP contribution in [-0.2, 0) is 16.6 Å². The first kappa shape index (κ1) is 19.1. The summed E-state index contributed by atoms with van der Waals surface area (Å²) in [5, 5.41) is 14.5. The fraction of sp³-hybridized carbons (Fsp3) is 0.333. The summed E-state index contributed by atoms with van der Waals surface area (Å²) in [4.78, 5) is 31.2. The molecule has 29 heavy (non-hydrogen) atoms. The maximum Gasteiger partial charge on any atom is 0.334 e. The van der Waals surface area contributed by atoms with Crippen LogP contribution in [0.2, 0.25) is 0 Å². The molecule has 150 valence electrons. The van der Waals surface area contributed by atoms with Crippen molar-refractivity contribution in [3.8, 4) is 11.3 Å². The van der Waals surface area contributed by atoms with E-state index in [1.54, 1.807) is 29.6 Å². The Morgan fingerprint density at radius 1 is 1.21 bits per heavy atom. The number of aromatic nitrogens is 3. The third kappa shape index (κ3) is 3.47. The number of carbonyl (C=O) groups excluding carboxylic acids is 1. The number of carboxylic acid groups (broad SMARTS) is 1. The molecule has 3 aromatic rings. The normalized spacial score (nSPS) is 19.5. The smallest absolute Gasteiger partial charge is 0.334 e. The van der Waals surface area contributed by atoms with Gasteiger partial charge in [0.25, 0.3) is 5.91 Å². The number of rotatable bonds is 3. The molecule has 1 amide bonds. The van der Waals surface area contributed by atoms with Crippen molar-refractivity contribution in [2.75, 3.05) is 13.1 Å². The molecule has 1 aromatic carbocycles. The van der Waals surface area contributed by atoms with E-state index in [1.807, 2.05) is 37.3 Å². The van der Waals surface area contributed by atoms with E-state index in [9.17, 15) is 14.7 Å². The molecule has 0 spiro atoms. The van der Waals surface area contributed by atoms with Crippen LogP contribution >= 0.6 is 0 Å². The van der Waals surface area contributed by atoms with Crippen molar-refractivity contribution in [2.45, 2.75) is 26.1 Å². The van der Waals surface area contributed by atoms with Crippen molar-refractivity contribution in [3.63, 3.8) is 0 Å². The predicted octanol–water partition coefficient (Wildman–Crippen LogP) is 2.26. The zero-order chi connectivity index (χ0) is 20.7. The van der Waals surface area contributed by atoms with Crippen molar-refractivity contribution in [1.29, 1.82) is 0 Å². The number of hydrogen-bond donors (Lipinski definition) is 1. The molecule has 4 rings (SSSR count). The van der Waals surface area contributed by atoms with Crippen molar-refractivity contribution in [1.82, 2.24) is 19.7 Å². The third-order valence-electron chi connectivity index (χ3n) is 5.09. The van der Waals surface area contributed by atoms with Crippen LogP contribution in [0.3, 0.4) is 0 Å². The highest BCUT2D eigenvalue weighted by atomic mass is 16.5. The molecule has 1 unspecified atom stereocenters. The van der Waals surface area contributed by atoms with E-state index < -0.39 is 12.1 Å². The van der Waals surface area contributed by atoms with Crippen LogP contribution in [0.4, 0.5) is 0 Å². The van der Waals surface area contributed by atoms with Gasteiger partial charge in [-0.3, -0.25) is 9.48 Å². The predicted molar refractivity (Wildman–Crippen MR) is 107 cm³/mol. The molecule has 1 fully saturated rings. The van der Waals surface area contributed by atoms with Gasteiger partial charge >= 0.3 is 5.97 Å². The van der Waals surface area contributed by atoms with Crippen molar-refractivity contribution in [3.05, 3.63) is 47.7 Å². The molecule has 1 aliphatic heterocycles. The quantitative estimate of drug-likeness (QED) is 0.732. The first-order valence-corrected chi connectivity index (χ1v) is 9.42. The number of ether oxygens (including phenoxy) is 1. The Bertz CT molecular complexity index is 1090. The minimum atomic E-state index is -1.07. The molecule has 1 N–H and O–H groups in total. The van der Waals surface area contributed by atoms with Crippen LogP contribution in [-0.4, -0.2) is 61.9 Å². The van der Waals surface area contributed by atoms with Gasteiger partial charge in [0.1, 0.15) is 0 Å². The van der Waals surface area contributed by atoms with Gasteiger partial charge in [-0.2, -0.15) is 5.10 Å². The van der Waals surface area contributed by atoms with E-state index in [-0.39, 0.29) is 18.6 Å². The lowest BCUT2D eigenvalue weighted by Gasteiger charge is -2.35. The Morgan fingerprint density at radius 2 is 1.93 bits per heavy atom. The number of carbonyl (C=O) groups is 2. The van der Waals surface area contributed by atoms with Gasteiger partial charge in [0.05, 0.1) is 35.0 Å². The summed E-state index contributed by atoms with van der Waals surface area (Å²) in [6.45, 7) is 3.93. The summed E-state index contributed by atoms with van der Waals surface area (Å²) < 4.78 is 7.11. The van der Waals surface area contributed by atoms with Crippen molar-refractivity contribution >= 4 is 22.9 Å².